The summed E-state index contributed by atoms with van der Waals surface area (Å²) in [5.41, 5.74) is 0. The molecule has 1 fully saturated rings. The van der Waals surface area contributed by atoms with Crippen LogP contribution in [0.4, 0.5) is 4.79 Å². The highest BCUT2D eigenvalue weighted by atomic mass is 16.5. The zero-order valence-corrected chi connectivity index (χ0v) is 11.4. The van der Waals surface area contributed by atoms with E-state index in [1.807, 2.05) is 0 Å². The van der Waals surface area contributed by atoms with E-state index < -0.39 is 12.0 Å². The van der Waals surface area contributed by atoms with Gasteiger partial charge in [0.2, 0.25) is 0 Å². The van der Waals surface area contributed by atoms with E-state index in [-0.39, 0.29) is 18.7 Å². The van der Waals surface area contributed by atoms with Crippen molar-refractivity contribution >= 4 is 12.0 Å². The Bertz CT molecular complexity index is 315. The number of aliphatic carboxylic acids is 1. The van der Waals surface area contributed by atoms with Crippen LogP contribution in [0.2, 0.25) is 0 Å². The van der Waals surface area contributed by atoms with Crippen LogP contribution in [0.3, 0.4) is 0 Å². The van der Waals surface area contributed by atoms with Crippen molar-refractivity contribution in [2.75, 3.05) is 33.4 Å². The second kappa shape index (κ2) is 7.30. The molecule has 1 heterocycles. The van der Waals surface area contributed by atoms with Crippen molar-refractivity contribution in [3.05, 3.63) is 0 Å². The van der Waals surface area contributed by atoms with Crippen molar-refractivity contribution in [3.63, 3.8) is 0 Å². The summed E-state index contributed by atoms with van der Waals surface area (Å²) in [5.74, 6) is -1.02. The molecule has 0 aromatic carbocycles. The molecule has 1 rings (SSSR count). The minimum Gasteiger partial charge on any atom is -0.480 e. The second-order valence-corrected chi connectivity index (χ2v) is 4.69. The van der Waals surface area contributed by atoms with E-state index in [2.05, 4.69) is 0 Å². The molecule has 7 heteroatoms. The van der Waals surface area contributed by atoms with Crippen molar-refractivity contribution in [1.29, 1.82) is 0 Å². The maximum Gasteiger partial charge on any atom is 0.326 e. The lowest BCUT2D eigenvalue weighted by atomic mass is 10.1. The molecule has 0 saturated carbocycles. The van der Waals surface area contributed by atoms with Gasteiger partial charge < -0.3 is 24.7 Å². The molecule has 2 N–H and O–H groups in total. The SMILES string of the molecule is CC(C(=O)O)N(C)C(=O)N1CCC(OCCO)CC1. The van der Waals surface area contributed by atoms with E-state index in [0.29, 0.717) is 32.5 Å². The summed E-state index contributed by atoms with van der Waals surface area (Å²) >= 11 is 0. The van der Waals surface area contributed by atoms with Crippen LogP contribution in [0.1, 0.15) is 19.8 Å². The highest BCUT2D eigenvalue weighted by Gasteiger charge is 2.29. The van der Waals surface area contributed by atoms with E-state index in [9.17, 15) is 9.59 Å². The number of piperidine rings is 1. The fourth-order valence-electron chi connectivity index (χ4n) is 1.99. The largest absolute Gasteiger partial charge is 0.480 e. The molecule has 2 amide bonds. The third-order valence-corrected chi connectivity index (χ3v) is 3.40. The van der Waals surface area contributed by atoms with Gasteiger partial charge in [-0.25, -0.2) is 9.59 Å². The summed E-state index contributed by atoms with van der Waals surface area (Å²) in [7, 11) is 1.50. The number of amides is 2. The van der Waals surface area contributed by atoms with Crippen LogP contribution in [-0.4, -0.2) is 77.5 Å². The number of carboxylic acid groups (broad SMARTS) is 1. The molecule has 110 valence electrons. The summed E-state index contributed by atoms with van der Waals surface area (Å²) in [5, 5.41) is 17.6. The van der Waals surface area contributed by atoms with Crippen LogP contribution in [0.25, 0.3) is 0 Å². The molecule has 1 unspecified atom stereocenters. The number of aliphatic hydroxyl groups excluding tert-OH is 1. The van der Waals surface area contributed by atoms with Crippen molar-refractivity contribution < 1.29 is 24.5 Å². The predicted octanol–water partition coefficient (Wildman–Crippen LogP) is -0.0154. The highest BCUT2D eigenvalue weighted by molar-refractivity contribution is 5.82. The number of nitrogens with zero attached hydrogens (tertiary/aromatic N) is 2. The Hall–Kier alpha value is -1.34. The van der Waals surface area contributed by atoms with Crippen LogP contribution < -0.4 is 0 Å². The highest BCUT2D eigenvalue weighted by Crippen LogP contribution is 2.15. The molecule has 1 saturated heterocycles. The first-order valence-electron chi connectivity index (χ1n) is 6.44. The first kappa shape index (κ1) is 15.7. The lowest BCUT2D eigenvalue weighted by Crippen LogP contribution is -2.50. The summed E-state index contributed by atoms with van der Waals surface area (Å²) in [6.07, 6.45) is 1.49. The van der Waals surface area contributed by atoms with E-state index in [0.717, 1.165) is 0 Å². The monoisotopic (exact) mass is 274 g/mol. The average Bonchev–Trinajstić information content (AvgIpc) is 2.43. The minimum atomic E-state index is -1.02. The number of rotatable bonds is 5. The summed E-state index contributed by atoms with van der Waals surface area (Å²) < 4.78 is 5.41. The molecule has 7 nitrogen and oxygen atoms in total. The molecule has 1 atom stereocenters. The van der Waals surface area contributed by atoms with Gasteiger partial charge in [-0.2, -0.15) is 0 Å². The normalized spacial score (nSPS) is 18.2. The van der Waals surface area contributed by atoms with Crippen LogP contribution in [-0.2, 0) is 9.53 Å². The number of likely N-dealkylation sites (tertiary alicyclic amines) is 1. The van der Waals surface area contributed by atoms with Crippen molar-refractivity contribution in [2.24, 2.45) is 0 Å². The van der Waals surface area contributed by atoms with Gasteiger partial charge in [0.05, 0.1) is 19.3 Å². The smallest absolute Gasteiger partial charge is 0.326 e. The molecule has 0 bridgehead atoms. The topological polar surface area (TPSA) is 90.3 Å². The van der Waals surface area contributed by atoms with Crippen LogP contribution in [0.5, 0.6) is 0 Å². The van der Waals surface area contributed by atoms with Crippen molar-refractivity contribution in [3.8, 4) is 0 Å². The van der Waals surface area contributed by atoms with E-state index in [1.54, 1.807) is 4.90 Å². The molecule has 19 heavy (non-hydrogen) atoms. The molecule has 0 spiro atoms. The van der Waals surface area contributed by atoms with Gasteiger partial charge in [-0.3, -0.25) is 0 Å². The Morgan fingerprint density at radius 3 is 2.47 bits per heavy atom. The number of carbonyl (C=O) groups excluding carboxylic acids is 1. The maximum atomic E-state index is 12.1. The lowest BCUT2D eigenvalue weighted by Gasteiger charge is -2.35. The first-order chi connectivity index (χ1) is 8.97. The minimum absolute atomic E-state index is 0.00198. The van der Waals surface area contributed by atoms with Gasteiger partial charge in [-0.1, -0.05) is 0 Å². The second-order valence-electron chi connectivity index (χ2n) is 4.69. The number of urea groups is 1. The Morgan fingerprint density at radius 1 is 1.42 bits per heavy atom. The maximum absolute atomic E-state index is 12.1. The molecule has 1 aliphatic heterocycles. The van der Waals surface area contributed by atoms with Crippen LogP contribution >= 0.6 is 0 Å². The van der Waals surface area contributed by atoms with Gasteiger partial charge >= 0.3 is 12.0 Å². The average molecular weight is 274 g/mol. The molecule has 0 aromatic heterocycles. The zero-order chi connectivity index (χ0) is 14.4. The Kier molecular flexibility index (Phi) is 6.04. The van der Waals surface area contributed by atoms with Crippen molar-refractivity contribution in [1.82, 2.24) is 9.80 Å². The van der Waals surface area contributed by atoms with Crippen molar-refractivity contribution in [2.45, 2.75) is 31.9 Å². The predicted molar refractivity (Wildman–Crippen MR) is 67.9 cm³/mol. The third kappa shape index (κ3) is 4.36. The van der Waals surface area contributed by atoms with Gasteiger partial charge in [0, 0.05) is 20.1 Å². The fourth-order valence-corrected chi connectivity index (χ4v) is 1.99. The standard InChI is InChI=1S/C12H22N2O5/c1-9(11(16)17)13(2)12(18)14-5-3-10(4-6-14)19-8-7-15/h9-10,15H,3-8H2,1-2H3,(H,16,17). The van der Waals surface area contributed by atoms with E-state index in [1.165, 1.54) is 18.9 Å². The molecule has 1 aliphatic rings. The Labute approximate surface area is 112 Å². The van der Waals surface area contributed by atoms with Gasteiger partial charge in [0.25, 0.3) is 0 Å². The number of likely N-dealkylation sites (N-methyl/N-ethyl adjacent to an activating group) is 1. The zero-order valence-electron chi connectivity index (χ0n) is 11.4. The first-order valence-corrected chi connectivity index (χ1v) is 6.44. The van der Waals surface area contributed by atoms with E-state index >= 15 is 0 Å². The number of hydrogen-bond acceptors (Lipinski definition) is 4. The van der Waals surface area contributed by atoms with Gasteiger partial charge in [0.1, 0.15) is 6.04 Å². The molecule has 0 radical (unpaired) electrons. The summed E-state index contributed by atoms with van der Waals surface area (Å²) in [4.78, 5) is 25.8. The number of aliphatic hydroxyl groups is 1. The number of ether oxygens (including phenoxy) is 1. The lowest BCUT2D eigenvalue weighted by molar-refractivity contribution is -0.141. The Morgan fingerprint density at radius 2 is 2.00 bits per heavy atom. The van der Waals surface area contributed by atoms with Gasteiger partial charge in [0.15, 0.2) is 0 Å². The number of carbonyl (C=O) groups is 2. The fraction of sp³-hybridized carbons (Fsp3) is 0.833. The van der Waals surface area contributed by atoms with Crippen LogP contribution in [0.15, 0.2) is 0 Å². The quantitative estimate of drug-likeness (QED) is 0.735. The van der Waals surface area contributed by atoms with E-state index in [4.69, 9.17) is 14.9 Å². The van der Waals surface area contributed by atoms with Gasteiger partial charge in [-0.15, -0.1) is 0 Å². The molecule has 0 aromatic rings. The summed E-state index contributed by atoms with van der Waals surface area (Å²) in [6.45, 7) is 2.89. The number of carboxylic acids is 1. The molecular weight excluding hydrogens is 252 g/mol. The van der Waals surface area contributed by atoms with Gasteiger partial charge in [-0.05, 0) is 19.8 Å². The Balaban J connectivity index is 2.42. The molecule has 0 aliphatic carbocycles. The third-order valence-electron chi connectivity index (χ3n) is 3.40. The summed E-state index contributed by atoms with van der Waals surface area (Å²) in [6, 6.07) is -1.11. The molecular formula is C12H22N2O5. The number of hydrogen-bond donors (Lipinski definition) is 2. The van der Waals surface area contributed by atoms with Crippen LogP contribution in [0, 0.1) is 0 Å².